The first-order valence-corrected chi connectivity index (χ1v) is 7.49. The number of nitro benzene ring substituents is 1. The summed E-state index contributed by atoms with van der Waals surface area (Å²) in [5.41, 5.74) is -0.687. The highest BCUT2D eigenvalue weighted by Crippen LogP contribution is 2.41. The highest BCUT2D eigenvalue weighted by atomic mass is 35.5. The standard InChI is InChI=1S/C15H18ClNO4/c16-12-6-5-7-13(17(20)21)11(12)10-15(14(18)19)8-3-1-2-4-9-15/h5-7H,1-4,8-10H2,(H,18,19). The van der Waals surface area contributed by atoms with Gasteiger partial charge in [0.05, 0.1) is 15.4 Å². The summed E-state index contributed by atoms with van der Waals surface area (Å²) in [4.78, 5) is 22.5. The molecule has 1 aromatic rings. The van der Waals surface area contributed by atoms with Crippen molar-refractivity contribution in [3.05, 3.63) is 38.9 Å². The van der Waals surface area contributed by atoms with Crippen molar-refractivity contribution in [3.8, 4) is 0 Å². The minimum absolute atomic E-state index is 0.0904. The third-order valence-electron chi connectivity index (χ3n) is 4.32. The van der Waals surface area contributed by atoms with E-state index in [2.05, 4.69) is 0 Å². The lowest BCUT2D eigenvalue weighted by Gasteiger charge is -2.28. The Kier molecular flexibility index (Phi) is 4.83. The smallest absolute Gasteiger partial charge is 0.309 e. The summed E-state index contributed by atoms with van der Waals surface area (Å²) >= 11 is 6.10. The number of carboxylic acids is 1. The average Bonchev–Trinajstić information content (AvgIpc) is 2.67. The van der Waals surface area contributed by atoms with Gasteiger partial charge in [-0.05, 0) is 25.3 Å². The molecule has 114 valence electrons. The predicted molar refractivity (Wildman–Crippen MR) is 79.6 cm³/mol. The average molecular weight is 312 g/mol. The molecule has 0 saturated heterocycles. The Hall–Kier alpha value is -1.62. The number of aliphatic carboxylic acids is 1. The van der Waals surface area contributed by atoms with Gasteiger partial charge in [-0.15, -0.1) is 0 Å². The number of rotatable bonds is 4. The van der Waals surface area contributed by atoms with Crippen molar-refractivity contribution < 1.29 is 14.8 Å². The van der Waals surface area contributed by atoms with Crippen LogP contribution in [0.15, 0.2) is 18.2 Å². The Morgan fingerprint density at radius 3 is 2.43 bits per heavy atom. The second-order valence-corrected chi connectivity index (χ2v) is 6.08. The van der Waals surface area contributed by atoms with Crippen LogP contribution in [0, 0.1) is 15.5 Å². The van der Waals surface area contributed by atoms with Crippen molar-refractivity contribution in [1.29, 1.82) is 0 Å². The van der Waals surface area contributed by atoms with Gasteiger partial charge in [0.15, 0.2) is 0 Å². The molecule has 1 N–H and O–H groups in total. The van der Waals surface area contributed by atoms with Gasteiger partial charge in [0, 0.05) is 11.6 Å². The molecule has 0 radical (unpaired) electrons. The van der Waals surface area contributed by atoms with Crippen LogP contribution in [0.4, 0.5) is 5.69 Å². The van der Waals surface area contributed by atoms with Gasteiger partial charge in [0.2, 0.25) is 0 Å². The normalized spacial score (nSPS) is 18.0. The Morgan fingerprint density at radius 2 is 1.90 bits per heavy atom. The van der Waals surface area contributed by atoms with Crippen molar-refractivity contribution in [2.24, 2.45) is 5.41 Å². The van der Waals surface area contributed by atoms with E-state index in [1.807, 2.05) is 0 Å². The van der Waals surface area contributed by atoms with Gasteiger partial charge < -0.3 is 5.11 Å². The van der Waals surface area contributed by atoms with Crippen LogP contribution in [-0.4, -0.2) is 16.0 Å². The third kappa shape index (κ3) is 3.35. The van der Waals surface area contributed by atoms with E-state index in [-0.39, 0.29) is 17.1 Å². The van der Waals surface area contributed by atoms with Crippen LogP contribution in [0.2, 0.25) is 5.02 Å². The molecule has 1 aromatic carbocycles. The molecule has 1 aliphatic rings. The first-order valence-electron chi connectivity index (χ1n) is 7.11. The first-order chi connectivity index (χ1) is 9.96. The molecule has 0 spiro atoms. The SMILES string of the molecule is O=C(O)C1(Cc2c(Cl)cccc2[N+](=O)[O-])CCCCCC1. The summed E-state index contributed by atoms with van der Waals surface area (Å²) < 4.78 is 0. The van der Waals surface area contributed by atoms with Crippen LogP contribution in [-0.2, 0) is 11.2 Å². The van der Waals surface area contributed by atoms with Crippen molar-refractivity contribution in [2.75, 3.05) is 0 Å². The van der Waals surface area contributed by atoms with Gasteiger partial charge in [0.25, 0.3) is 5.69 Å². The van der Waals surface area contributed by atoms with Crippen LogP contribution in [0.5, 0.6) is 0 Å². The number of carbonyl (C=O) groups is 1. The summed E-state index contributed by atoms with van der Waals surface area (Å²) in [5.74, 6) is -0.876. The Bertz CT molecular complexity index is 551. The molecule has 21 heavy (non-hydrogen) atoms. The second-order valence-electron chi connectivity index (χ2n) is 5.67. The highest BCUT2D eigenvalue weighted by molar-refractivity contribution is 6.31. The number of nitrogens with zero attached hydrogens (tertiary/aromatic N) is 1. The van der Waals surface area contributed by atoms with Gasteiger partial charge in [-0.2, -0.15) is 0 Å². The fourth-order valence-electron chi connectivity index (χ4n) is 3.10. The molecule has 0 bridgehead atoms. The summed E-state index contributed by atoms with van der Waals surface area (Å²) in [5, 5.41) is 21.1. The maximum absolute atomic E-state index is 11.8. The molecular formula is C15H18ClNO4. The van der Waals surface area contributed by atoms with Gasteiger partial charge >= 0.3 is 5.97 Å². The minimum atomic E-state index is -0.938. The summed E-state index contributed by atoms with van der Waals surface area (Å²) in [7, 11) is 0. The fourth-order valence-corrected chi connectivity index (χ4v) is 3.34. The molecule has 1 saturated carbocycles. The quantitative estimate of drug-likeness (QED) is 0.513. The lowest BCUT2D eigenvalue weighted by Crippen LogP contribution is -2.33. The minimum Gasteiger partial charge on any atom is -0.481 e. The van der Waals surface area contributed by atoms with E-state index in [1.165, 1.54) is 12.1 Å². The number of hydrogen-bond acceptors (Lipinski definition) is 3. The summed E-state index contributed by atoms with van der Waals surface area (Å²) in [6.07, 6.45) is 4.92. The van der Waals surface area contributed by atoms with Crippen molar-refractivity contribution >= 4 is 23.3 Å². The second kappa shape index (κ2) is 6.43. The molecule has 0 aromatic heterocycles. The molecule has 0 unspecified atom stereocenters. The highest BCUT2D eigenvalue weighted by Gasteiger charge is 2.40. The molecule has 1 aliphatic carbocycles. The van der Waals surface area contributed by atoms with E-state index in [9.17, 15) is 20.0 Å². The van der Waals surface area contributed by atoms with E-state index in [1.54, 1.807) is 6.07 Å². The fraction of sp³-hybridized carbons (Fsp3) is 0.533. The molecule has 2 rings (SSSR count). The van der Waals surface area contributed by atoms with E-state index in [4.69, 9.17) is 11.6 Å². The first kappa shape index (κ1) is 15.8. The molecule has 0 atom stereocenters. The van der Waals surface area contributed by atoms with Crippen LogP contribution in [0.3, 0.4) is 0 Å². The monoisotopic (exact) mass is 311 g/mol. The Labute approximate surface area is 128 Å². The largest absolute Gasteiger partial charge is 0.481 e. The molecule has 0 aliphatic heterocycles. The third-order valence-corrected chi connectivity index (χ3v) is 4.67. The molecule has 6 heteroatoms. The maximum atomic E-state index is 11.8. The van der Waals surface area contributed by atoms with Crippen LogP contribution < -0.4 is 0 Å². The van der Waals surface area contributed by atoms with Gasteiger partial charge in [-0.25, -0.2) is 0 Å². The van der Waals surface area contributed by atoms with Gasteiger partial charge in [-0.1, -0.05) is 43.4 Å². The van der Waals surface area contributed by atoms with Crippen molar-refractivity contribution in [1.82, 2.24) is 0 Å². The Balaban J connectivity index is 2.42. The number of benzene rings is 1. The number of carboxylic acid groups (broad SMARTS) is 1. The van der Waals surface area contributed by atoms with Gasteiger partial charge in [-0.3, -0.25) is 14.9 Å². The Morgan fingerprint density at radius 1 is 1.29 bits per heavy atom. The zero-order valence-electron chi connectivity index (χ0n) is 11.7. The predicted octanol–water partition coefficient (Wildman–Crippen LogP) is 4.22. The number of nitro groups is 1. The zero-order chi connectivity index (χ0) is 15.5. The summed E-state index contributed by atoms with van der Waals surface area (Å²) in [6, 6.07) is 4.48. The van der Waals surface area contributed by atoms with Crippen molar-refractivity contribution in [2.45, 2.75) is 44.9 Å². The van der Waals surface area contributed by atoms with Crippen LogP contribution >= 0.6 is 11.6 Å². The van der Waals surface area contributed by atoms with Gasteiger partial charge in [0.1, 0.15) is 0 Å². The lowest BCUT2D eigenvalue weighted by atomic mass is 9.75. The van der Waals surface area contributed by atoms with E-state index in [0.717, 1.165) is 25.7 Å². The number of hydrogen-bond donors (Lipinski definition) is 1. The van der Waals surface area contributed by atoms with Crippen molar-refractivity contribution in [3.63, 3.8) is 0 Å². The molecule has 0 heterocycles. The molecular weight excluding hydrogens is 294 g/mol. The number of halogens is 1. The van der Waals surface area contributed by atoms with E-state index in [0.29, 0.717) is 18.4 Å². The maximum Gasteiger partial charge on any atom is 0.309 e. The molecule has 5 nitrogen and oxygen atoms in total. The van der Waals surface area contributed by atoms with Crippen LogP contribution in [0.1, 0.15) is 44.1 Å². The molecule has 0 amide bonds. The zero-order valence-corrected chi connectivity index (χ0v) is 12.4. The van der Waals surface area contributed by atoms with E-state index >= 15 is 0 Å². The summed E-state index contributed by atoms with van der Waals surface area (Å²) in [6.45, 7) is 0. The lowest BCUT2D eigenvalue weighted by molar-refractivity contribution is -0.385. The van der Waals surface area contributed by atoms with Crippen LogP contribution in [0.25, 0.3) is 0 Å². The molecule has 1 fully saturated rings. The van der Waals surface area contributed by atoms with E-state index < -0.39 is 16.3 Å². The topological polar surface area (TPSA) is 80.4 Å².